The van der Waals surface area contributed by atoms with Crippen molar-refractivity contribution in [3.05, 3.63) is 20.2 Å². The molecule has 0 aromatic heterocycles. The van der Waals surface area contributed by atoms with E-state index in [1.165, 1.54) is 14.1 Å². The van der Waals surface area contributed by atoms with Crippen LogP contribution in [0.3, 0.4) is 0 Å². The van der Waals surface area contributed by atoms with Gasteiger partial charge in [0.05, 0.1) is 0 Å². The number of hydrogen-bond donors (Lipinski definition) is 0. The van der Waals surface area contributed by atoms with Crippen LogP contribution in [0.15, 0.2) is 0 Å². The third-order valence-corrected chi connectivity index (χ3v) is 1.06. The van der Waals surface area contributed by atoms with Gasteiger partial charge < -0.3 is 4.90 Å². The van der Waals surface area contributed by atoms with E-state index in [0.29, 0.717) is 0 Å². The zero-order valence-corrected chi connectivity index (χ0v) is 6.46. The molecule has 0 radical (unpaired) electrons. The van der Waals surface area contributed by atoms with Crippen molar-refractivity contribution >= 4 is 5.91 Å². The average Bonchev–Trinajstić information content (AvgIpc) is 1.85. The molecule has 0 aliphatic heterocycles. The Morgan fingerprint density at radius 1 is 1.25 bits per heavy atom. The zero-order chi connectivity index (χ0) is 9.89. The lowest BCUT2D eigenvalue weighted by atomic mass is 10.4. The van der Waals surface area contributed by atoms with Crippen LogP contribution in [0.25, 0.3) is 0 Å². The summed E-state index contributed by atoms with van der Waals surface area (Å²) in [5, 5.41) is 20.0. The summed E-state index contributed by atoms with van der Waals surface area (Å²) in [5.41, 5.74) is 0. The maximum atomic E-state index is 10.8. The second-order valence-corrected chi connectivity index (χ2v) is 2.18. The molecule has 1 amide bonds. The van der Waals surface area contributed by atoms with Crippen molar-refractivity contribution < 1.29 is 14.6 Å². The number of carbonyl (C=O) groups excluding carboxylic acids is 1. The molecule has 0 saturated carbocycles. The first-order valence-corrected chi connectivity index (χ1v) is 2.86. The van der Waals surface area contributed by atoms with Gasteiger partial charge in [-0.25, -0.2) is 0 Å². The first-order valence-electron chi connectivity index (χ1n) is 2.86. The summed E-state index contributed by atoms with van der Waals surface area (Å²) in [7, 11) is 2.42. The third-order valence-electron chi connectivity index (χ3n) is 1.06. The Bertz CT molecular complexity index is 211. The van der Waals surface area contributed by atoms with E-state index in [-0.39, 0.29) is 0 Å². The van der Waals surface area contributed by atoms with Gasteiger partial charge in [-0.3, -0.25) is 25.0 Å². The summed E-state index contributed by atoms with van der Waals surface area (Å²) in [6, 6.07) is 0. The van der Waals surface area contributed by atoms with Gasteiger partial charge in [-0.15, -0.1) is 0 Å². The maximum absolute atomic E-state index is 10.8. The lowest BCUT2D eigenvalue weighted by Gasteiger charge is -2.07. The standard InChI is InChI=1S/C4H7N3O5/c1-5(2)4(8)3(6(9)10)7(11)12/h3H,1-2H3. The molecule has 0 spiro atoms. The van der Waals surface area contributed by atoms with Crippen LogP contribution in [0.5, 0.6) is 0 Å². The van der Waals surface area contributed by atoms with Crippen molar-refractivity contribution in [1.82, 2.24) is 4.90 Å². The van der Waals surface area contributed by atoms with Crippen LogP contribution in [0, 0.1) is 20.2 Å². The summed E-state index contributed by atoms with van der Waals surface area (Å²) in [6.07, 6.45) is -2.39. The molecule has 8 nitrogen and oxygen atoms in total. The van der Waals surface area contributed by atoms with Gasteiger partial charge in [0.25, 0.3) is 0 Å². The van der Waals surface area contributed by atoms with Crippen LogP contribution < -0.4 is 0 Å². The topological polar surface area (TPSA) is 107 Å². The number of nitro groups is 2. The highest BCUT2D eigenvalue weighted by molar-refractivity contribution is 5.78. The van der Waals surface area contributed by atoms with E-state index in [2.05, 4.69) is 0 Å². The number of amides is 1. The molecule has 12 heavy (non-hydrogen) atoms. The number of nitrogens with zero attached hydrogens (tertiary/aromatic N) is 3. The molecule has 0 N–H and O–H groups in total. The summed E-state index contributed by atoms with van der Waals surface area (Å²) >= 11 is 0. The van der Waals surface area contributed by atoms with Gasteiger partial charge in [0, 0.05) is 14.1 Å². The van der Waals surface area contributed by atoms with Crippen LogP contribution in [0.2, 0.25) is 0 Å². The van der Waals surface area contributed by atoms with Gasteiger partial charge in [0.1, 0.15) is 9.85 Å². The van der Waals surface area contributed by atoms with Crippen LogP contribution in [-0.2, 0) is 4.79 Å². The Labute approximate surface area is 67.1 Å². The molecular formula is C4H7N3O5. The minimum absolute atomic E-state index is 0.802. The monoisotopic (exact) mass is 177 g/mol. The fourth-order valence-corrected chi connectivity index (χ4v) is 0.488. The molecule has 0 heterocycles. The molecule has 0 atom stereocenters. The SMILES string of the molecule is CN(C)C(=O)C([N+](=O)[O-])[N+](=O)[O-]. The lowest BCUT2D eigenvalue weighted by Crippen LogP contribution is -2.44. The number of rotatable bonds is 3. The van der Waals surface area contributed by atoms with Crippen LogP contribution in [0.1, 0.15) is 0 Å². The van der Waals surface area contributed by atoms with E-state index in [4.69, 9.17) is 0 Å². The van der Waals surface area contributed by atoms with E-state index >= 15 is 0 Å². The molecule has 0 aromatic carbocycles. The predicted molar refractivity (Wildman–Crippen MR) is 36.5 cm³/mol. The first kappa shape index (κ1) is 10.3. The van der Waals surface area contributed by atoms with Crippen LogP contribution in [-0.4, -0.2) is 40.9 Å². The van der Waals surface area contributed by atoms with Gasteiger partial charge in [-0.1, -0.05) is 0 Å². The van der Waals surface area contributed by atoms with E-state index in [1.54, 1.807) is 0 Å². The minimum Gasteiger partial charge on any atom is -0.336 e. The Morgan fingerprint density at radius 3 is 1.67 bits per heavy atom. The Morgan fingerprint density at radius 2 is 1.58 bits per heavy atom. The van der Waals surface area contributed by atoms with Gasteiger partial charge in [-0.05, 0) is 0 Å². The lowest BCUT2D eigenvalue weighted by molar-refractivity contribution is -0.724. The zero-order valence-electron chi connectivity index (χ0n) is 6.46. The summed E-state index contributed by atoms with van der Waals surface area (Å²) in [5.74, 6) is -1.15. The fourth-order valence-electron chi connectivity index (χ4n) is 0.488. The molecule has 0 aromatic rings. The third kappa shape index (κ3) is 2.15. The largest absolute Gasteiger partial charge is 0.527 e. The molecule has 0 aliphatic rings. The highest BCUT2D eigenvalue weighted by Gasteiger charge is 2.42. The molecular weight excluding hydrogens is 170 g/mol. The fraction of sp³-hybridized carbons (Fsp3) is 0.750. The summed E-state index contributed by atoms with van der Waals surface area (Å²) < 4.78 is 0. The van der Waals surface area contributed by atoms with Crippen molar-refractivity contribution in [1.29, 1.82) is 0 Å². The van der Waals surface area contributed by atoms with Gasteiger partial charge in [0.15, 0.2) is 0 Å². The van der Waals surface area contributed by atoms with E-state index in [9.17, 15) is 25.0 Å². The number of hydrogen-bond acceptors (Lipinski definition) is 5. The van der Waals surface area contributed by atoms with Gasteiger partial charge in [-0.2, -0.15) is 0 Å². The molecule has 0 fully saturated rings. The average molecular weight is 177 g/mol. The maximum Gasteiger partial charge on any atom is 0.527 e. The van der Waals surface area contributed by atoms with Crippen molar-refractivity contribution in [2.24, 2.45) is 0 Å². The molecule has 0 bridgehead atoms. The Balaban J connectivity index is 4.64. The van der Waals surface area contributed by atoms with Crippen LogP contribution >= 0.6 is 0 Å². The Hall–Kier alpha value is -1.73. The number of likely N-dealkylation sites (N-methyl/N-ethyl adjacent to an activating group) is 1. The first-order chi connectivity index (χ1) is 5.37. The second-order valence-electron chi connectivity index (χ2n) is 2.18. The second kappa shape index (κ2) is 3.60. The van der Waals surface area contributed by atoms with Crippen LogP contribution in [0.4, 0.5) is 0 Å². The van der Waals surface area contributed by atoms with Gasteiger partial charge >= 0.3 is 12.1 Å². The minimum atomic E-state index is -2.39. The van der Waals surface area contributed by atoms with Gasteiger partial charge in [0.2, 0.25) is 0 Å². The van der Waals surface area contributed by atoms with E-state index < -0.39 is 21.9 Å². The summed E-state index contributed by atoms with van der Waals surface area (Å²) in [6.45, 7) is 0. The highest BCUT2D eigenvalue weighted by Crippen LogP contribution is 1.95. The van der Waals surface area contributed by atoms with Crippen molar-refractivity contribution in [2.45, 2.75) is 6.17 Å². The highest BCUT2D eigenvalue weighted by atomic mass is 16.7. The smallest absolute Gasteiger partial charge is 0.336 e. The normalized spacial score (nSPS) is 9.58. The summed E-state index contributed by atoms with van der Waals surface area (Å²) in [4.78, 5) is 29.1. The van der Waals surface area contributed by atoms with E-state index in [1.807, 2.05) is 0 Å². The molecule has 0 rings (SSSR count). The number of carbonyl (C=O) groups is 1. The Kier molecular flexibility index (Phi) is 3.08. The van der Waals surface area contributed by atoms with Crippen molar-refractivity contribution in [3.63, 3.8) is 0 Å². The molecule has 68 valence electrons. The molecule has 0 saturated heterocycles. The predicted octanol–water partition coefficient (Wildman–Crippen LogP) is -1.05. The molecule has 0 unspecified atom stereocenters. The van der Waals surface area contributed by atoms with Crippen molar-refractivity contribution in [2.75, 3.05) is 14.1 Å². The van der Waals surface area contributed by atoms with E-state index in [0.717, 1.165) is 4.90 Å². The molecule has 0 aliphatic carbocycles. The van der Waals surface area contributed by atoms with Crippen molar-refractivity contribution in [3.8, 4) is 0 Å². The quantitative estimate of drug-likeness (QED) is 0.310. The molecule has 8 heteroatoms.